The molecule has 0 atom stereocenters. The van der Waals surface area contributed by atoms with E-state index in [-0.39, 0.29) is 5.91 Å². The van der Waals surface area contributed by atoms with Crippen LogP contribution in [0.5, 0.6) is 0 Å². The van der Waals surface area contributed by atoms with Crippen molar-refractivity contribution in [1.29, 1.82) is 0 Å². The zero-order chi connectivity index (χ0) is 18.2. The fourth-order valence-electron chi connectivity index (χ4n) is 3.65. The average Bonchev–Trinajstić information content (AvgIpc) is 3.31. The lowest BCUT2D eigenvalue weighted by Gasteiger charge is -2.33. The maximum absolute atomic E-state index is 12.7. The van der Waals surface area contributed by atoms with Crippen LogP contribution >= 0.6 is 0 Å². The first-order valence-corrected chi connectivity index (χ1v) is 9.20. The lowest BCUT2D eigenvalue weighted by Crippen LogP contribution is -2.48. The Hall–Kier alpha value is -3.12. The third-order valence-corrected chi connectivity index (χ3v) is 5.10. The molecule has 1 aliphatic rings. The second-order valence-electron chi connectivity index (χ2n) is 6.92. The summed E-state index contributed by atoms with van der Waals surface area (Å²) in [4.78, 5) is 17.0. The van der Waals surface area contributed by atoms with E-state index < -0.39 is 0 Å². The lowest BCUT2D eigenvalue weighted by atomic mass is 10.2. The van der Waals surface area contributed by atoms with E-state index in [1.165, 1.54) is 0 Å². The predicted octanol–water partition coefficient (Wildman–Crippen LogP) is 3.04. The molecule has 27 heavy (non-hydrogen) atoms. The van der Waals surface area contributed by atoms with Crippen LogP contribution in [0.25, 0.3) is 16.5 Å². The molecule has 5 rings (SSSR count). The molecular weight excluding hydrogens is 340 g/mol. The third-order valence-electron chi connectivity index (χ3n) is 5.10. The van der Waals surface area contributed by atoms with Gasteiger partial charge < -0.3 is 9.32 Å². The van der Waals surface area contributed by atoms with Crippen LogP contribution in [0.1, 0.15) is 16.2 Å². The first-order chi connectivity index (χ1) is 13.3. The van der Waals surface area contributed by atoms with E-state index in [2.05, 4.69) is 22.1 Å². The van der Waals surface area contributed by atoms with Crippen molar-refractivity contribution in [3.63, 3.8) is 0 Å². The molecule has 4 aromatic rings. The van der Waals surface area contributed by atoms with Gasteiger partial charge in [0.05, 0.1) is 11.2 Å². The van der Waals surface area contributed by atoms with Gasteiger partial charge in [0.1, 0.15) is 5.58 Å². The minimum Gasteiger partial charge on any atom is -0.451 e. The number of para-hydroxylation sites is 1. The van der Waals surface area contributed by atoms with Crippen LogP contribution in [0, 0.1) is 0 Å². The van der Waals surface area contributed by atoms with Crippen molar-refractivity contribution in [2.45, 2.75) is 6.54 Å². The van der Waals surface area contributed by atoms with Gasteiger partial charge in [0.2, 0.25) is 0 Å². The summed E-state index contributed by atoms with van der Waals surface area (Å²) in [5.41, 5.74) is 2.91. The van der Waals surface area contributed by atoms with Gasteiger partial charge in [0.25, 0.3) is 5.91 Å². The summed E-state index contributed by atoms with van der Waals surface area (Å²) < 4.78 is 7.62. The number of piperazine rings is 1. The number of fused-ring (bicyclic) bond motifs is 2. The number of pyridine rings is 1. The Morgan fingerprint density at radius 2 is 1.81 bits per heavy atom. The van der Waals surface area contributed by atoms with Crippen molar-refractivity contribution in [2.24, 2.45) is 0 Å². The topological polar surface area (TPSA) is 54.0 Å². The summed E-state index contributed by atoms with van der Waals surface area (Å²) in [5, 5.41) is 5.58. The summed E-state index contributed by atoms with van der Waals surface area (Å²) in [6.07, 6.45) is 1.96. The SMILES string of the molecule is O=C(c1cc2ccccc2o1)N1CCN(Cc2cc3ccccn3n2)CC1. The molecule has 1 saturated heterocycles. The highest BCUT2D eigenvalue weighted by molar-refractivity contribution is 5.96. The second kappa shape index (κ2) is 6.55. The Labute approximate surface area is 156 Å². The smallest absolute Gasteiger partial charge is 0.289 e. The lowest BCUT2D eigenvalue weighted by molar-refractivity contribution is 0.0598. The first kappa shape index (κ1) is 16.1. The van der Waals surface area contributed by atoms with Gasteiger partial charge in [-0.05, 0) is 30.3 Å². The van der Waals surface area contributed by atoms with Gasteiger partial charge >= 0.3 is 0 Å². The predicted molar refractivity (Wildman–Crippen MR) is 103 cm³/mol. The molecule has 0 N–H and O–H groups in total. The fraction of sp³-hybridized carbons (Fsp3) is 0.238. The molecule has 1 aromatic carbocycles. The van der Waals surface area contributed by atoms with Crippen LogP contribution in [0.2, 0.25) is 0 Å². The van der Waals surface area contributed by atoms with Gasteiger partial charge in [-0.1, -0.05) is 24.3 Å². The largest absolute Gasteiger partial charge is 0.451 e. The molecule has 0 bridgehead atoms. The van der Waals surface area contributed by atoms with Crippen molar-refractivity contribution in [3.8, 4) is 0 Å². The number of carbonyl (C=O) groups excluding carboxylic acids is 1. The molecule has 0 aliphatic carbocycles. The Morgan fingerprint density at radius 3 is 2.63 bits per heavy atom. The molecule has 3 aromatic heterocycles. The number of hydrogen-bond acceptors (Lipinski definition) is 4. The van der Waals surface area contributed by atoms with Gasteiger partial charge in [-0.3, -0.25) is 9.69 Å². The monoisotopic (exact) mass is 360 g/mol. The highest BCUT2D eigenvalue weighted by Crippen LogP contribution is 2.21. The molecule has 4 heterocycles. The highest BCUT2D eigenvalue weighted by Gasteiger charge is 2.25. The summed E-state index contributed by atoms with van der Waals surface area (Å²) in [7, 11) is 0. The Balaban J connectivity index is 1.23. The van der Waals surface area contributed by atoms with Crippen LogP contribution in [0.4, 0.5) is 0 Å². The molecular formula is C21H20N4O2. The van der Waals surface area contributed by atoms with Gasteiger partial charge in [-0.25, -0.2) is 4.52 Å². The van der Waals surface area contributed by atoms with E-state index in [0.717, 1.165) is 41.8 Å². The van der Waals surface area contributed by atoms with E-state index in [1.807, 2.05) is 58.1 Å². The zero-order valence-electron chi connectivity index (χ0n) is 14.9. The van der Waals surface area contributed by atoms with E-state index >= 15 is 0 Å². The molecule has 0 radical (unpaired) electrons. The van der Waals surface area contributed by atoms with E-state index in [0.29, 0.717) is 18.8 Å². The van der Waals surface area contributed by atoms with Crippen LogP contribution in [-0.4, -0.2) is 51.5 Å². The van der Waals surface area contributed by atoms with Gasteiger partial charge in [-0.2, -0.15) is 5.10 Å². The zero-order valence-corrected chi connectivity index (χ0v) is 14.9. The van der Waals surface area contributed by atoms with Gasteiger partial charge in [-0.15, -0.1) is 0 Å². The van der Waals surface area contributed by atoms with E-state index in [4.69, 9.17) is 4.42 Å². The minimum absolute atomic E-state index is 0.0291. The number of nitrogens with zero attached hydrogens (tertiary/aromatic N) is 4. The van der Waals surface area contributed by atoms with E-state index in [9.17, 15) is 4.79 Å². The molecule has 6 heteroatoms. The molecule has 0 unspecified atom stereocenters. The standard InChI is InChI=1S/C21H20N4O2/c26-21(20-13-16-5-1-2-7-19(16)27-20)24-11-9-23(10-12-24)15-17-14-18-6-3-4-8-25(18)22-17/h1-8,13-14H,9-12,15H2. The Kier molecular flexibility index (Phi) is 3.90. The van der Waals surface area contributed by atoms with Crippen molar-refractivity contribution >= 4 is 22.4 Å². The number of aromatic nitrogens is 2. The van der Waals surface area contributed by atoms with Crippen molar-refractivity contribution < 1.29 is 9.21 Å². The van der Waals surface area contributed by atoms with Gasteiger partial charge in [0.15, 0.2) is 5.76 Å². The van der Waals surface area contributed by atoms with E-state index in [1.54, 1.807) is 0 Å². The maximum Gasteiger partial charge on any atom is 0.289 e. The number of benzene rings is 1. The summed E-state index contributed by atoms with van der Waals surface area (Å²) in [5.74, 6) is 0.392. The van der Waals surface area contributed by atoms with Crippen LogP contribution in [-0.2, 0) is 6.54 Å². The third kappa shape index (κ3) is 3.08. The number of rotatable bonds is 3. The summed E-state index contributed by atoms with van der Waals surface area (Å²) in [6, 6.07) is 17.7. The highest BCUT2D eigenvalue weighted by atomic mass is 16.3. The molecule has 1 aliphatic heterocycles. The minimum atomic E-state index is -0.0291. The second-order valence-corrected chi connectivity index (χ2v) is 6.92. The molecule has 1 amide bonds. The maximum atomic E-state index is 12.7. The van der Waals surface area contributed by atoms with Crippen molar-refractivity contribution in [2.75, 3.05) is 26.2 Å². The summed E-state index contributed by atoms with van der Waals surface area (Å²) in [6.45, 7) is 3.86. The average molecular weight is 360 g/mol. The Morgan fingerprint density at radius 1 is 1.00 bits per heavy atom. The normalized spacial score (nSPS) is 15.6. The first-order valence-electron chi connectivity index (χ1n) is 9.20. The Bertz CT molecular complexity index is 1040. The number of amides is 1. The van der Waals surface area contributed by atoms with Crippen LogP contribution in [0.3, 0.4) is 0 Å². The van der Waals surface area contributed by atoms with Crippen LogP contribution < -0.4 is 0 Å². The van der Waals surface area contributed by atoms with Crippen molar-refractivity contribution in [3.05, 3.63) is 72.2 Å². The van der Waals surface area contributed by atoms with Crippen molar-refractivity contribution in [1.82, 2.24) is 19.4 Å². The fourth-order valence-corrected chi connectivity index (χ4v) is 3.65. The molecule has 136 valence electrons. The number of carbonyl (C=O) groups is 1. The molecule has 6 nitrogen and oxygen atoms in total. The number of hydrogen-bond donors (Lipinski definition) is 0. The quantitative estimate of drug-likeness (QED) is 0.564. The molecule has 0 spiro atoms. The number of furan rings is 1. The van der Waals surface area contributed by atoms with Gasteiger partial charge in [0, 0.05) is 44.3 Å². The molecule has 0 saturated carbocycles. The molecule has 1 fully saturated rings. The summed E-state index contributed by atoms with van der Waals surface area (Å²) >= 11 is 0. The van der Waals surface area contributed by atoms with Crippen LogP contribution in [0.15, 0.2) is 65.2 Å².